The summed E-state index contributed by atoms with van der Waals surface area (Å²) in [7, 11) is 0. The Morgan fingerprint density at radius 2 is 1.95 bits per heavy atom. The fourth-order valence-corrected chi connectivity index (χ4v) is 3.50. The minimum atomic E-state index is 0.897. The predicted octanol–water partition coefficient (Wildman–Crippen LogP) is 4.09. The summed E-state index contributed by atoms with van der Waals surface area (Å²) < 4.78 is 0. The second-order valence-corrected chi connectivity index (χ2v) is 6.22. The molecule has 0 radical (unpaired) electrons. The van der Waals surface area contributed by atoms with Gasteiger partial charge < -0.3 is 5.32 Å². The standard InChI is InChI=1S/C16H20N2S/c1-2-8-14(9-3-1)15-12-19-16(18-15)11-17-10-13-6-4-5-7-13/h1-3,8-9,12-13,17H,4-7,10-11H2. The Labute approximate surface area is 118 Å². The van der Waals surface area contributed by atoms with Crippen molar-refractivity contribution in [1.82, 2.24) is 10.3 Å². The van der Waals surface area contributed by atoms with Gasteiger partial charge in [0.15, 0.2) is 0 Å². The molecule has 1 aromatic heterocycles. The van der Waals surface area contributed by atoms with Gasteiger partial charge in [-0.2, -0.15) is 0 Å². The van der Waals surface area contributed by atoms with Gasteiger partial charge in [-0.3, -0.25) is 0 Å². The molecule has 100 valence electrons. The van der Waals surface area contributed by atoms with E-state index in [0.717, 1.165) is 24.7 Å². The zero-order chi connectivity index (χ0) is 12.9. The van der Waals surface area contributed by atoms with Crippen LogP contribution in [-0.4, -0.2) is 11.5 Å². The van der Waals surface area contributed by atoms with Gasteiger partial charge in [0.25, 0.3) is 0 Å². The van der Waals surface area contributed by atoms with E-state index in [2.05, 4.69) is 35.0 Å². The van der Waals surface area contributed by atoms with E-state index in [9.17, 15) is 0 Å². The zero-order valence-corrected chi connectivity index (χ0v) is 12.0. The number of thiazole rings is 1. The topological polar surface area (TPSA) is 24.9 Å². The third kappa shape index (κ3) is 3.43. The molecular weight excluding hydrogens is 252 g/mol. The average Bonchev–Trinajstić information content (AvgIpc) is 3.11. The Morgan fingerprint density at radius 1 is 1.16 bits per heavy atom. The van der Waals surface area contributed by atoms with E-state index in [1.54, 1.807) is 11.3 Å². The highest BCUT2D eigenvalue weighted by atomic mass is 32.1. The third-order valence-electron chi connectivity index (χ3n) is 3.81. The summed E-state index contributed by atoms with van der Waals surface area (Å²) in [6, 6.07) is 10.4. The smallest absolute Gasteiger partial charge is 0.107 e. The molecule has 0 spiro atoms. The SMILES string of the molecule is c1ccc(-c2csc(CNCC3CCCC3)n2)cc1. The second kappa shape index (κ2) is 6.31. The summed E-state index contributed by atoms with van der Waals surface area (Å²) >= 11 is 1.75. The van der Waals surface area contributed by atoms with Gasteiger partial charge in [-0.05, 0) is 25.3 Å². The van der Waals surface area contributed by atoms with Crippen molar-refractivity contribution >= 4 is 11.3 Å². The Hall–Kier alpha value is -1.19. The molecule has 1 aliphatic carbocycles. The highest BCUT2D eigenvalue weighted by Crippen LogP contribution is 2.24. The van der Waals surface area contributed by atoms with Crippen LogP contribution in [0.1, 0.15) is 30.7 Å². The Bertz CT molecular complexity index is 500. The van der Waals surface area contributed by atoms with Crippen LogP contribution in [0.3, 0.4) is 0 Å². The van der Waals surface area contributed by atoms with Crippen LogP contribution in [0.15, 0.2) is 35.7 Å². The summed E-state index contributed by atoms with van der Waals surface area (Å²) in [5.41, 5.74) is 2.31. The molecular formula is C16H20N2S. The van der Waals surface area contributed by atoms with Gasteiger partial charge in [0, 0.05) is 17.5 Å². The van der Waals surface area contributed by atoms with Crippen LogP contribution in [-0.2, 0) is 6.54 Å². The molecule has 19 heavy (non-hydrogen) atoms. The van der Waals surface area contributed by atoms with E-state index in [1.165, 1.54) is 36.3 Å². The Balaban J connectivity index is 1.53. The fourth-order valence-electron chi connectivity index (χ4n) is 2.73. The van der Waals surface area contributed by atoms with Crippen LogP contribution >= 0.6 is 11.3 Å². The number of aromatic nitrogens is 1. The molecule has 1 saturated carbocycles. The van der Waals surface area contributed by atoms with Crippen LogP contribution in [0.4, 0.5) is 0 Å². The van der Waals surface area contributed by atoms with Crippen LogP contribution in [0.5, 0.6) is 0 Å². The van der Waals surface area contributed by atoms with Gasteiger partial charge in [-0.15, -0.1) is 11.3 Å². The maximum Gasteiger partial charge on any atom is 0.107 e. The Morgan fingerprint density at radius 3 is 2.74 bits per heavy atom. The van der Waals surface area contributed by atoms with Crippen molar-refractivity contribution in [2.45, 2.75) is 32.2 Å². The van der Waals surface area contributed by atoms with Crippen molar-refractivity contribution in [2.75, 3.05) is 6.54 Å². The summed E-state index contributed by atoms with van der Waals surface area (Å²) in [5.74, 6) is 0.897. The summed E-state index contributed by atoms with van der Waals surface area (Å²) in [5, 5.41) is 6.90. The van der Waals surface area contributed by atoms with Crippen molar-refractivity contribution in [1.29, 1.82) is 0 Å². The van der Waals surface area contributed by atoms with E-state index in [4.69, 9.17) is 4.98 Å². The summed E-state index contributed by atoms with van der Waals surface area (Å²) in [4.78, 5) is 4.70. The van der Waals surface area contributed by atoms with Gasteiger partial charge >= 0.3 is 0 Å². The van der Waals surface area contributed by atoms with E-state index in [0.29, 0.717) is 0 Å². The third-order valence-corrected chi connectivity index (χ3v) is 4.65. The number of hydrogen-bond donors (Lipinski definition) is 1. The number of nitrogens with zero attached hydrogens (tertiary/aromatic N) is 1. The number of benzene rings is 1. The normalized spacial score (nSPS) is 16.0. The number of nitrogens with one attached hydrogen (secondary N) is 1. The first-order valence-corrected chi connectivity index (χ1v) is 8.00. The van der Waals surface area contributed by atoms with E-state index in [1.807, 2.05) is 6.07 Å². The molecule has 0 atom stereocenters. The first-order chi connectivity index (χ1) is 9.42. The van der Waals surface area contributed by atoms with E-state index < -0.39 is 0 Å². The lowest BCUT2D eigenvalue weighted by molar-refractivity contribution is 0.489. The van der Waals surface area contributed by atoms with Gasteiger partial charge in [-0.1, -0.05) is 43.2 Å². The van der Waals surface area contributed by atoms with Gasteiger partial charge in [0.05, 0.1) is 5.69 Å². The molecule has 2 nitrogen and oxygen atoms in total. The van der Waals surface area contributed by atoms with Gasteiger partial charge in [-0.25, -0.2) is 4.98 Å². The molecule has 1 fully saturated rings. The van der Waals surface area contributed by atoms with Crippen LogP contribution in [0, 0.1) is 5.92 Å². The molecule has 2 aromatic rings. The molecule has 1 aliphatic rings. The maximum atomic E-state index is 4.70. The van der Waals surface area contributed by atoms with Crippen molar-refractivity contribution in [3.63, 3.8) is 0 Å². The molecule has 0 aliphatic heterocycles. The van der Waals surface area contributed by atoms with E-state index >= 15 is 0 Å². The molecule has 0 unspecified atom stereocenters. The Kier molecular flexibility index (Phi) is 4.26. The van der Waals surface area contributed by atoms with Crippen molar-refractivity contribution in [3.05, 3.63) is 40.7 Å². The molecule has 1 heterocycles. The minimum Gasteiger partial charge on any atom is -0.310 e. The lowest BCUT2D eigenvalue weighted by atomic mass is 10.1. The molecule has 0 amide bonds. The summed E-state index contributed by atoms with van der Waals surface area (Å²) in [6.45, 7) is 2.06. The highest BCUT2D eigenvalue weighted by molar-refractivity contribution is 7.09. The van der Waals surface area contributed by atoms with Crippen LogP contribution < -0.4 is 5.32 Å². The first-order valence-electron chi connectivity index (χ1n) is 7.12. The van der Waals surface area contributed by atoms with Crippen molar-refractivity contribution in [2.24, 2.45) is 5.92 Å². The monoisotopic (exact) mass is 272 g/mol. The largest absolute Gasteiger partial charge is 0.310 e. The molecule has 1 aromatic carbocycles. The van der Waals surface area contributed by atoms with Crippen molar-refractivity contribution in [3.8, 4) is 11.3 Å². The van der Waals surface area contributed by atoms with Crippen LogP contribution in [0.25, 0.3) is 11.3 Å². The minimum absolute atomic E-state index is 0.897. The van der Waals surface area contributed by atoms with Crippen molar-refractivity contribution < 1.29 is 0 Å². The molecule has 1 N–H and O–H groups in total. The van der Waals surface area contributed by atoms with Crippen LogP contribution in [0.2, 0.25) is 0 Å². The summed E-state index contributed by atoms with van der Waals surface area (Å²) in [6.07, 6.45) is 5.64. The number of hydrogen-bond acceptors (Lipinski definition) is 3. The number of rotatable bonds is 5. The first kappa shape index (κ1) is 12.8. The quantitative estimate of drug-likeness (QED) is 0.886. The van der Waals surface area contributed by atoms with Gasteiger partial charge in [0.2, 0.25) is 0 Å². The average molecular weight is 272 g/mol. The maximum absolute atomic E-state index is 4.70. The lowest BCUT2D eigenvalue weighted by Gasteiger charge is -2.08. The van der Waals surface area contributed by atoms with Gasteiger partial charge in [0.1, 0.15) is 5.01 Å². The molecule has 3 rings (SSSR count). The lowest BCUT2D eigenvalue weighted by Crippen LogP contribution is -2.20. The fraction of sp³-hybridized carbons (Fsp3) is 0.438. The molecule has 0 bridgehead atoms. The second-order valence-electron chi connectivity index (χ2n) is 5.27. The molecule has 3 heteroatoms. The highest BCUT2D eigenvalue weighted by Gasteiger charge is 2.14. The predicted molar refractivity (Wildman–Crippen MR) is 81.2 cm³/mol. The molecule has 0 saturated heterocycles. The van der Waals surface area contributed by atoms with E-state index in [-0.39, 0.29) is 0 Å². The zero-order valence-electron chi connectivity index (χ0n) is 11.1.